The smallest absolute Gasteiger partial charge is 0.251 e. The fraction of sp³-hybridized carbons (Fsp3) is 0.333. The zero-order chi connectivity index (χ0) is 18.1. The van der Waals surface area contributed by atoms with Gasteiger partial charge in [0.25, 0.3) is 5.91 Å². The van der Waals surface area contributed by atoms with E-state index in [1.807, 2.05) is 32.9 Å². The monoisotopic (exact) mass is 378 g/mol. The summed E-state index contributed by atoms with van der Waals surface area (Å²) in [4.78, 5) is 16.4. The van der Waals surface area contributed by atoms with Gasteiger partial charge in [0.2, 0.25) is 0 Å². The molecule has 3 rings (SSSR count). The summed E-state index contributed by atoms with van der Waals surface area (Å²) in [5.74, 6) is 1.36. The number of carbonyl (C=O) groups excluding carboxylic acids is 1. The van der Waals surface area contributed by atoms with Crippen molar-refractivity contribution >= 4 is 29.3 Å². The molecule has 1 aliphatic heterocycles. The number of hydrogen-bond donors (Lipinski definition) is 1. The number of halogens is 1. The zero-order valence-corrected chi connectivity index (χ0v) is 15.9. The SMILES string of the molecule is Cc1nc(SCc2cc(Cl)c3c(c2)OCCO3)c(C(N)=O)c(C)c1C. The minimum atomic E-state index is -0.462. The molecule has 1 aromatic heterocycles. The van der Waals surface area contributed by atoms with Crippen LogP contribution in [-0.4, -0.2) is 24.1 Å². The minimum Gasteiger partial charge on any atom is -0.486 e. The molecular weight excluding hydrogens is 360 g/mol. The molecule has 25 heavy (non-hydrogen) atoms. The number of thioether (sulfide) groups is 1. The second-order valence-electron chi connectivity index (χ2n) is 5.88. The number of nitrogens with two attached hydrogens (primary N) is 1. The second-order valence-corrected chi connectivity index (χ2v) is 7.25. The number of aromatic nitrogens is 1. The third-order valence-electron chi connectivity index (χ3n) is 4.24. The van der Waals surface area contributed by atoms with E-state index in [1.54, 1.807) is 0 Å². The fourth-order valence-electron chi connectivity index (χ4n) is 2.71. The van der Waals surface area contributed by atoms with E-state index in [4.69, 9.17) is 26.8 Å². The Morgan fingerprint density at radius 2 is 1.96 bits per heavy atom. The quantitative estimate of drug-likeness (QED) is 0.818. The average Bonchev–Trinajstić information content (AvgIpc) is 2.57. The molecule has 0 unspecified atom stereocenters. The van der Waals surface area contributed by atoms with Crippen LogP contribution in [0.2, 0.25) is 5.02 Å². The highest BCUT2D eigenvalue weighted by Gasteiger charge is 2.19. The summed E-state index contributed by atoms with van der Waals surface area (Å²) >= 11 is 7.74. The van der Waals surface area contributed by atoms with Gasteiger partial charge in [-0.3, -0.25) is 4.79 Å². The first-order chi connectivity index (χ1) is 11.9. The molecule has 2 aromatic rings. The third-order valence-corrected chi connectivity index (χ3v) is 5.57. The molecule has 1 aliphatic rings. The van der Waals surface area contributed by atoms with Crippen LogP contribution in [0, 0.1) is 20.8 Å². The van der Waals surface area contributed by atoms with Gasteiger partial charge in [-0.15, -0.1) is 11.8 Å². The van der Waals surface area contributed by atoms with Gasteiger partial charge in [-0.1, -0.05) is 11.6 Å². The number of benzene rings is 1. The summed E-state index contributed by atoms with van der Waals surface area (Å²) in [5.41, 5.74) is 9.77. The van der Waals surface area contributed by atoms with Crippen molar-refractivity contribution in [2.75, 3.05) is 13.2 Å². The standard InChI is InChI=1S/C18H19ClN2O3S/c1-9-10(2)15(17(20)22)18(21-11(9)3)25-8-12-6-13(19)16-14(7-12)23-4-5-24-16/h6-7H,4-5,8H2,1-3H3,(H2,20,22). The van der Waals surface area contributed by atoms with Gasteiger partial charge >= 0.3 is 0 Å². The summed E-state index contributed by atoms with van der Waals surface area (Å²) in [6, 6.07) is 3.76. The maximum atomic E-state index is 11.9. The summed E-state index contributed by atoms with van der Waals surface area (Å²) in [6.45, 7) is 6.77. The fourth-order valence-corrected chi connectivity index (χ4v) is 4.06. The highest BCUT2D eigenvalue weighted by Crippen LogP contribution is 2.40. The van der Waals surface area contributed by atoms with Crippen LogP contribution in [-0.2, 0) is 5.75 Å². The number of pyridine rings is 1. The molecule has 0 aliphatic carbocycles. The van der Waals surface area contributed by atoms with E-state index >= 15 is 0 Å². The molecule has 7 heteroatoms. The number of aryl methyl sites for hydroxylation is 1. The topological polar surface area (TPSA) is 74.4 Å². The summed E-state index contributed by atoms with van der Waals surface area (Å²) in [5, 5.41) is 1.16. The van der Waals surface area contributed by atoms with Crippen LogP contribution in [0.3, 0.4) is 0 Å². The van der Waals surface area contributed by atoms with E-state index in [1.165, 1.54) is 11.8 Å². The lowest BCUT2D eigenvalue weighted by atomic mass is 10.0. The maximum absolute atomic E-state index is 11.9. The molecule has 1 amide bonds. The van der Waals surface area contributed by atoms with Crippen LogP contribution in [0.15, 0.2) is 17.2 Å². The van der Waals surface area contributed by atoms with E-state index in [0.29, 0.717) is 46.1 Å². The number of fused-ring (bicyclic) bond motifs is 1. The van der Waals surface area contributed by atoms with Gasteiger partial charge in [-0.05, 0) is 49.6 Å². The zero-order valence-electron chi connectivity index (χ0n) is 14.3. The molecular formula is C18H19ClN2O3S. The Kier molecular flexibility index (Phi) is 5.11. The minimum absolute atomic E-state index is 0.462. The molecule has 0 fully saturated rings. The van der Waals surface area contributed by atoms with Gasteiger partial charge < -0.3 is 15.2 Å². The van der Waals surface area contributed by atoms with Crippen molar-refractivity contribution in [1.29, 1.82) is 0 Å². The Labute approximate surface area is 155 Å². The molecule has 0 saturated heterocycles. The summed E-state index contributed by atoms with van der Waals surface area (Å²) in [7, 11) is 0. The lowest BCUT2D eigenvalue weighted by Crippen LogP contribution is -2.17. The largest absolute Gasteiger partial charge is 0.486 e. The summed E-state index contributed by atoms with van der Waals surface area (Å²) < 4.78 is 11.1. The average molecular weight is 379 g/mol. The maximum Gasteiger partial charge on any atom is 0.251 e. The van der Waals surface area contributed by atoms with Crippen molar-refractivity contribution in [2.45, 2.75) is 31.6 Å². The van der Waals surface area contributed by atoms with E-state index in [2.05, 4.69) is 4.98 Å². The van der Waals surface area contributed by atoms with E-state index in [0.717, 1.165) is 22.4 Å². The van der Waals surface area contributed by atoms with Crippen molar-refractivity contribution in [3.8, 4) is 11.5 Å². The number of rotatable bonds is 4. The van der Waals surface area contributed by atoms with Gasteiger partial charge in [0.15, 0.2) is 11.5 Å². The lowest BCUT2D eigenvalue weighted by molar-refractivity contribution is 0.0996. The van der Waals surface area contributed by atoms with E-state index < -0.39 is 5.91 Å². The van der Waals surface area contributed by atoms with Crippen molar-refractivity contribution in [1.82, 2.24) is 4.98 Å². The summed E-state index contributed by atoms with van der Waals surface area (Å²) in [6.07, 6.45) is 0. The molecule has 0 spiro atoms. The Bertz CT molecular complexity index is 855. The van der Waals surface area contributed by atoms with Crippen LogP contribution >= 0.6 is 23.4 Å². The molecule has 2 N–H and O–H groups in total. The van der Waals surface area contributed by atoms with Crippen molar-refractivity contribution < 1.29 is 14.3 Å². The first-order valence-electron chi connectivity index (χ1n) is 7.87. The number of hydrogen-bond acceptors (Lipinski definition) is 5. The predicted molar refractivity (Wildman–Crippen MR) is 99.0 cm³/mol. The second kappa shape index (κ2) is 7.14. The Hall–Kier alpha value is -1.92. The van der Waals surface area contributed by atoms with Crippen LogP contribution in [0.4, 0.5) is 0 Å². The van der Waals surface area contributed by atoms with Crippen LogP contribution in [0.1, 0.15) is 32.7 Å². The van der Waals surface area contributed by atoms with E-state index in [9.17, 15) is 4.79 Å². The number of nitrogens with zero attached hydrogens (tertiary/aromatic N) is 1. The molecule has 2 heterocycles. The highest BCUT2D eigenvalue weighted by atomic mass is 35.5. The van der Waals surface area contributed by atoms with Crippen molar-refractivity contribution in [3.63, 3.8) is 0 Å². The Morgan fingerprint density at radius 3 is 2.68 bits per heavy atom. The van der Waals surface area contributed by atoms with Crippen LogP contribution < -0.4 is 15.2 Å². The Morgan fingerprint density at radius 1 is 1.24 bits per heavy atom. The van der Waals surface area contributed by atoms with E-state index in [-0.39, 0.29) is 0 Å². The first kappa shape index (κ1) is 17.9. The lowest BCUT2D eigenvalue weighted by Gasteiger charge is -2.20. The van der Waals surface area contributed by atoms with Gasteiger partial charge in [0.1, 0.15) is 18.2 Å². The Balaban J connectivity index is 1.89. The van der Waals surface area contributed by atoms with Crippen LogP contribution in [0.25, 0.3) is 0 Å². The van der Waals surface area contributed by atoms with Crippen molar-refractivity contribution in [2.24, 2.45) is 5.73 Å². The van der Waals surface area contributed by atoms with Gasteiger partial charge in [0, 0.05) is 11.4 Å². The predicted octanol–water partition coefficient (Wildman–Crippen LogP) is 3.82. The molecule has 5 nitrogen and oxygen atoms in total. The van der Waals surface area contributed by atoms with Crippen LogP contribution in [0.5, 0.6) is 11.5 Å². The van der Waals surface area contributed by atoms with Gasteiger partial charge in [-0.2, -0.15) is 0 Å². The number of amides is 1. The molecule has 0 atom stereocenters. The molecule has 0 bridgehead atoms. The molecule has 0 saturated carbocycles. The first-order valence-corrected chi connectivity index (χ1v) is 9.23. The highest BCUT2D eigenvalue weighted by molar-refractivity contribution is 7.98. The number of ether oxygens (including phenoxy) is 2. The normalized spacial score (nSPS) is 13.0. The molecule has 132 valence electrons. The third kappa shape index (κ3) is 3.55. The molecule has 0 radical (unpaired) electrons. The van der Waals surface area contributed by atoms with Gasteiger partial charge in [0.05, 0.1) is 10.6 Å². The molecule has 1 aromatic carbocycles. The number of primary amides is 1. The van der Waals surface area contributed by atoms with Gasteiger partial charge in [-0.25, -0.2) is 4.98 Å². The number of carbonyl (C=O) groups is 1. The van der Waals surface area contributed by atoms with Crippen molar-refractivity contribution in [3.05, 3.63) is 45.1 Å².